The van der Waals surface area contributed by atoms with E-state index >= 15 is 0 Å². The first-order chi connectivity index (χ1) is 9.04. The van der Waals surface area contributed by atoms with Crippen molar-refractivity contribution < 1.29 is 9.53 Å². The van der Waals surface area contributed by atoms with Crippen molar-refractivity contribution in [2.24, 2.45) is 0 Å². The average Bonchev–Trinajstić information content (AvgIpc) is 2.38. The molecule has 19 heavy (non-hydrogen) atoms. The Kier molecular flexibility index (Phi) is 4.47. The van der Waals surface area contributed by atoms with Gasteiger partial charge in [-0.25, -0.2) is 0 Å². The number of carbonyl (C=O) groups is 1. The standard InChI is InChI=1S/C14H19BrN2O2/c1-14(5-7-16-8-6-14)17-13(18)11-4-3-10(15)9-12(11)19-2/h3-4,9,16H,5-8H2,1-2H3,(H,17,18). The summed E-state index contributed by atoms with van der Waals surface area (Å²) in [6.45, 7) is 3.97. The predicted octanol–water partition coefficient (Wildman–Crippen LogP) is 2.33. The van der Waals surface area contributed by atoms with Gasteiger partial charge in [-0.05, 0) is 51.1 Å². The molecule has 4 nitrogen and oxygen atoms in total. The summed E-state index contributed by atoms with van der Waals surface area (Å²) in [6, 6.07) is 5.44. The number of rotatable bonds is 3. The van der Waals surface area contributed by atoms with Crippen LogP contribution in [0.2, 0.25) is 0 Å². The van der Waals surface area contributed by atoms with Crippen LogP contribution in [-0.2, 0) is 0 Å². The fourth-order valence-corrected chi connectivity index (χ4v) is 2.64. The van der Waals surface area contributed by atoms with E-state index in [0.29, 0.717) is 11.3 Å². The lowest BCUT2D eigenvalue weighted by atomic mass is 9.90. The van der Waals surface area contributed by atoms with Gasteiger partial charge < -0.3 is 15.4 Å². The smallest absolute Gasteiger partial charge is 0.255 e. The lowest BCUT2D eigenvalue weighted by Gasteiger charge is -2.35. The van der Waals surface area contributed by atoms with Crippen molar-refractivity contribution >= 4 is 21.8 Å². The molecular formula is C14H19BrN2O2. The summed E-state index contributed by atoms with van der Waals surface area (Å²) in [5, 5.41) is 6.43. The molecule has 0 atom stereocenters. The third-order valence-electron chi connectivity index (χ3n) is 3.53. The Bertz CT molecular complexity index is 471. The minimum atomic E-state index is -0.138. The Morgan fingerprint density at radius 3 is 2.74 bits per heavy atom. The first-order valence-electron chi connectivity index (χ1n) is 6.41. The Morgan fingerprint density at radius 2 is 2.11 bits per heavy atom. The number of piperidine rings is 1. The van der Waals surface area contributed by atoms with Gasteiger partial charge >= 0.3 is 0 Å². The molecule has 0 aromatic heterocycles. The molecule has 1 fully saturated rings. The van der Waals surface area contributed by atoms with Crippen molar-refractivity contribution in [3.63, 3.8) is 0 Å². The summed E-state index contributed by atoms with van der Waals surface area (Å²) < 4.78 is 6.16. The summed E-state index contributed by atoms with van der Waals surface area (Å²) in [4.78, 5) is 12.4. The molecule has 0 saturated carbocycles. The maximum absolute atomic E-state index is 12.4. The molecule has 1 aromatic carbocycles. The molecule has 2 rings (SSSR count). The number of ether oxygens (including phenoxy) is 1. The lowest BCUT2D eigenvalue weighted by Crippen LogP contribution is -2.52. The van der Waals surface area contributed by atoms with Crippen LogP contribution in [0.3, 0.4) is 0 Å². The van der Waals surface area contributed by atoms with Crippen LogP contribution in [0, 0.1) is 0 Å². The molecule has 1 saturated heterocycles. The van der Waals surface area contributed by atoms with Crippen LogP contribution in [0.25, 0.3) is 0 Å². The second-order valence-corrected chi connectivity index (χ2v) is 6.03. The highest BCUT2D eigenvalue weighted by molar-refractivity contribution is 9.10. The molecule has 1 aliphatic heterocycles. The van der Waals surface area contributed by atoms with E-state index in [-0.39, 0.29) is 11.4 Å². The van der Waals surface area contributed by atoms with E-state index < -0.39 is 0 Å². The van der Waals surface area contributed by atoms with Crippen molar-refractivity contribution in [1.29, 1.82) is 0 Å². The first kappa shape index (κ1) is 14.3. The van der Waals surface area contributed by atoms with Crippen LogP contribution < -0.4 is 15.4 Å². The summed E-state index contributed by atoms with van der Waals surface area (Å²) >= 11 is 3.38. The van der Waals surface area contributed by atoms with E-state index in [4.69, 9.17) is 4.74 Å². The number of carbonyl (C=O) groups excluding carboxylic acids is 1. The molecule has 1 amide bonds. The Hall–Kier alpha value is -1.07. The number of hydrogen-bond acceptors (Lipinski definition) is 3. The number of benzene rings is 1. The molecule has 0 radical (unpaired) electrons. The van der Waals surface area contributed by atoms with E-state index in [9.17, 15) is 4.79 Å². The average molecular weight is 327 g/mol. The number of hydrogen-bond donors (Lipinski definition) is 2. The van der Waals surface area contributed by atoms with Gasteiger partial charge in [-0.2, -0.15) is 0 Å². The van der Waals surface area contributed by atoms with Crippen LogP contribution in [-0.4, -0.2) is 31.6 Å². The van der Waals surface area contributed by atoms with Crippen LogP contribution in [0.4, 0.5) is 0 Å². The van der Waals surface area contributed by atoms with Crippen molar-refractivity contribution in [3.8, 4) is 5.75 Å². The first-order valence-corrected chi connectivity index (χ1v) is 7.20. The fourth-order valence-electron chi connectivity index (χ4n) is 2.30. The molecule has 104 valence electrons. The zero-order valence-corrected chi connectivity index (χ0v) is 12.8. The topological polar surface area (TPSA) is 50.4 Å². The largest absolute Gasteiger partial charge is 0.496 e. The van der Waals surface area contributed by atoms with Gasteiger partial charge in [0.15, 0.2) is 0 Å². The third kappa shape index (κ3) is 3.48. The van der Waals surface area contributed by atoms with E-state index in [0.717, 1.165) is 30.4 Å². The van der Waals surface area contributed by atoms with Gasteiger partial charge in [0.05, 0.1) is 12.7 Å². The van der Waals surface area contributed by atoms with Crippen LogP contribution in [0.1, 0.15) is 30.1 Å². The molecule has 5 heteroatoms. The Labute approximate surface area is 122 Å². The molecule has 2 N–H and O–H groups in total. The van der Waals surface area contributed by atoms with Crippen molar-refractivity contribution in [2.45, 2.75) is 25.3 Å². The van der Waals surface area contributed by atoms with Crippen LogP contribution in [0.15, 0.2) is 22.7 Å². The quantitative estimate of drug-likeness (QED) is 0.896. The lowest BCUT2D eigenvalue weighted by molar-refractivity contribution is 0.0884. The second kappa shape index (κ2) is 5.92. The number of methoxy groups -OCH3 is 1. The van der Waals surface area contributed by atoms with E-state index in [1.54, 1.807) is 19.2 Å². The van der Waals surface area contributed by atoms with E-state index in [2.05, 4.69) is 33.5 Å². The van der Waals surface area contributed by atoms with Gasteiger partial charge in [-0.3, -0.25) is 4.79 Å². The predicted molar refractivity (Wildman–Crippen MR) is 78.7 cm³/mol. The van der Waals surface area contributed by atoms with Crippen molar-refractivity contribution in [3.05, 3.63) is 28.2 Å². The maximum atomic E-state index is 12.4. The second-order valence-electron chi connectivity index (χ2n) is 5.11. The minimum Gasteiger partial charge on any atom is -0.496 e. The molecule has 1 aliphatic rings. The normalized spacial score (nSPS) is 17.8. The highest BCUT2D eigenvalue weighted by Gasteiger charge is 2.29. The molecule has 0 spiro atoms. The number of halogens is 1. The monoisotopic (exact) mass is 326 g/mol. The van der Waals surface area contributed by atoms with Gasteiger partial charge in [0.25, 0.3) is 5.91 Å². The number of nitrogens with one attached hydrogen (secondary N) is 2. The molecular weight excluding hydrogens is 308 g/mol. The highest BCUT2D eigenvalue weighted by Crippen LogP contribution is 2.25. The van der Waals surface area contributed by atoms with Crippen molar-refractivity contribution in [2.75, 3.05) is 20.2 Å². The molecule has 1 heterocycles. The summed E-state index contributed by atoms with van der Waals surface area (Å²) in [6.07, 6.45) is 1.88. The molecule has 1 aromatic rings. The fraction of sp³-hybridized carbons (Fsp3) is 0.500. The summed E-state index contributed by atoms with van der Waals surface area (Å²) in [5.74, 6) is 0.512. The van der Waals surface area contributed by atoms with E-state index in [1.165, 1.54) is 0 Å². The SMILES string of the molecule is COc1cc(Br)ccc1C(=O)NC1(C)CCNCC1. The molecule has 0 aliphatic carbocycles. The van der Waals surface area contributed by atoms with Crippen LogP contribution in [0.5, 0.6) is 5.75 Å². The highest BCUT2D eigenvalue weighted by atomic mass is 79.9. The van der Waals surface area contributed by atoms with Gasteiger partial charge in [0, 0.05) is 10.0 Å². The summed E-state index contributed by atoms with van der Waals surface area (Å²) in [7, 11) is 1.57. The Balaban J connectivity index is 2.15. The van der Waals surface area contributed by atoms with Gasteiger partial charge in [-0.15, -0.1) is 0 Å². The summed E-state index contributed by atoms with van der Waals surface area (Å²) in [5.41, 5.74) is 0.436. The van der Waals surface area contributed by atoms with E-state index in [1.807, 2.05) is 6.07 Å². The zero-order chi connectivity index (χ0) is 13.9. The zero-order valence-electron chi connectivity index (χ0n) is 11.3. The third-order valence-corrected chi connectivity index (χ3v) is 4.02. The number of amides is 1. The maximum Gasteiger partial charge on any atom is 0.255 e. The molecule has 0 bridgehead atoms. The van der Waals surface area contributed by atoms with Crippen molar-refractivity contribution in [1.82, 2.24) is 10.6 Å². The minimum absolute atomic E-state index is 0.0752. The van der Waals surface area contributed by atoms with Gasteiger partial charge in [0.2, 0.25) is 0 Å². The Morgan fingerprint density at radius 1 is 1.42 bits per heavy atom. The van der Waals surface area contributed by atoms with Crippen LogP contribution >= 0.6 is 15.9 Å². The van der Waals surface area contributed by atoms with Gasteiger partial charge in [0.1, 0.15) is 5.75 Å². The van der Waals surface area contributed by atoms with Gasteiger partial charge in [-0.1, -0.05) is 15.9 Å². The molecule has 0 unspecified atom stereocenters.